The molecule has 0 aliphatic carbocycles. The lowest BCUT2D eigenvalue weighted by molar-refractivity contribution is -0.0615. The van der Waals surface area contributed by atoms with E-state index in [0.717, 1.165) is 24.4 Å². The summed E-state index contributed by atoms with van der Waals surface area (Å²) in [5, 5.41) is 3.36. The number of ether oxygens (including phenoxy) is 1. The molecule has 1 amide bonds. The van der Waals surface area contributed by atoms with Gasteiger partial charge in [-0.1, -0.05) is 23.2 Å². The first kappa shape index (κ1) is 14.1. The molecule has 0 spiro atoms. The molecular weight excluding hydrogens is 295 g/mol. The van der Waals surface area contributed by atoms with Crippen LogP contribution in [0.25, 0.3) is 0 Å². The van der Waals surface area contributed by atoms with Gasteiger partial charge in [-0.3, -0.25) is 4.79 Å². The van der Waals surface area contributed by atoms with Crippen molar-refractivity contribution in [2.24, 2.45) is 0 Å². The highest BCUT2D eigenvalue weighted by atomic mass is 35.5. The number of nitrogens with zero attached hydrogens (tertiary/aromatic N) is 1. The Bertz CT molecular complexity index is 462. The topological polar surface area (TPSA) is 51.2 Å². The third kappa shape index (κ3) is 3.15. The Labute approximate surface area is 120 Å². The summed E-state index contributed by atoms with van der Waals surface area (Å²) in [5.74, 6) is -0.216. The van der Waals surface area contributed by atoms with E-state index in [0.29, 0.717) is 11.5 Å². The van der Waals surface area contributed by atoms with E-state index in [4.69, 9.17) is 27.9 Å². The summed E-state index contributed by atoms with van der Waals surface area (Å²) < 4.78 is 9.45. The summed E-state index contributed by atoms with van der Waals surface area (Å²) in [6.07, 6.45) is 1.59. The largest absolute Gasteiger partial charge is 0.375 e. The van der Waals surface area contributed by atoms with Gasteiger partial charge in [-0.2, -0.15) is 4.37 Å². The lowest BCUT2D eigenvalue weighted by atomic mass is 9.94. The van der Waals surface area contributed by atoms with Gasteiger partial charge in [0, 0.05) is 12.6 Å². The van der Waals surface area contributed by atoms with Crippen LogP contribution in [-0.4, -0.2) is 28.5 Å². The van der Waals surface area contributed by atoms with Crippen LogP contribution in [0.5, 0.6) is 0 Å². The van der Waals surface area contributed by atoms with Crippen molar-refractivity contribution >= 4 is 40.6 Å². The second-order valence-electron chi connectivity index (χ2n) is 4.89. The van der Waals surface area contributed by atoms with Crippen molar-refractivity contribution in [2.75, 3.05) is 6.61 Å². The van der Waals surface area contributed by atoms with E-state index < -0.39 is 0 Å². The predicted octanol–water partition coefficient (Wildman–Crippen LogP) is 3.14. The Morgan fingerprint density at radius 2 is 2.28 bits per heavy atom. The van der Waals surface area contributed by atoms with Gasteiger partial charge in [-0.25, -0.2) is 0 Å². The van der Waals surface area contributed by atoms with Crippen molar-refractivity contribution in [3.63, 3.8) is 0 Å². The van der Waals surface area contributed by atoms with Crippen molar-refractivity contribution < 1.29 is 9.53 Å². The fraction of sp³-hybridized carbons (Fsp3) is 0.636. The molecule has 1 N–H and O–H groups in total. The molecule has 0 unspecified atom stereocenters. The Morgan fingerprint density at radius 3 is 2.83 bits per heavy atom. The van der Waals surface area contributed by atoms with Crippen LogP contribution in [0.2, 0.25) is 10.2 Å². The number of halogens is 2. The second kappa shape index (κ2) is 5.33. The minimum Gasteiger partial charge on any atom is -0.375 e. The van der Waals surface area contributed by atoms with Crippen molar-refractivity contribution in [3.05, 3.63) is 15.1 Å². The van der Waals surface area contributed by atoms with Gasteiger partial charge in [-0.05, 0) is 38.2 Å². The van der Waals surface area contributed by atoms with Crippen LogP contribution >= 0.6 is 34.7 Å². The minimum absolute atomic E-state index is 0.0955. The SMILES string of the molecule is CC1(C)C[C@@H](NC(=O)c2snc(Cl)c2Cl)CCO1. The monoisotopic (exact) mass is 308 g/mol. The summed E-state index contributed by atoms with van der Waals surface area (Å²) in [5.41, 5.74) is -0.203. The summed E-state index contributed by atoms with van der Waals surface area (Å²) in [6, 6.07) is 0.0955. The highest BCUT2D eigenvalue weighted by molar-refractivity contribution is 7.09. The van der Waals surface area contributed by atoms with Crippen LogP contribution in [0.15, 0.2) is 0 Å². The van der Waals surface area contributed by atoms with Gasteiger partial charge in [0.15, 0.2) is 5.15 Å². The number of rotatable bonds is 2. The van der Waals surface area contributed by atoms with Gasteiger partial charge in [0.1, 0.15) is 9.90 Å². The first-order valence-electron chi connectivity index (χ1n) is 5.64. The molecule has 1 aliphatic rings. The van der Waals surface area contributed by atoms with Gasteiger partial charge < -0.3 is 10.1 Å². The fourth-order valence-corrected chi connectivity index (χ4v) is 3.12. The summed E-state index contributed by atoms with van der Waals surface area (Å²) in [7, 11) is 0. The van der Waals surface area contributed by atoms with Crippen molar-refractivity contribution in [1.82, 2.24) is 9.69 Å². The van der Waals surface area contributed by atoms with Crippen LogP contribution in [0.3, 0.4) is 0 Å². The second-order valence-corrected chi connectivity index (χ2v) is 6.40. The number of nitrogens with one attached hydrogen (secondary N) is 1. The van der Waals surface area contributed by atoms with Gasteiger partial charge in [0.05, 0.1) is 5.60 Å². The van der Waals surface area contributed by atoms with Crippen molar-refractivity contribution in [1.29, 1.82) is 0 Å². The molecule has 0 bridgehead atoms. The zero-order chi connectivity index (χ0) is 13.3. The number of hydrogen-bond donors (Lipinski definition) is 1. The molecule has 4 nitrogen and oxygen atoms in total. The number of amides is 1. The quantitative estimate of drug-likeness (QED) is 0.913. The lowest BCUT2D eigenvalue weighted by Gasteiger charge is -2.35. The third-order valence-electron chi connectivity index (χ3n) is 2.84. The van der Waals surface area contributed by atoms with Crippen molar-refractivity contribution in [2.45, 2.75) is 38.3 Å². The van der Waals surface area contributed by atoms with Gasteiger partial charge in [0.25, 0.3) is 5.91 Å². The fourth-order valence-electron chi connectivity index (χ4n) is 2.01. The highest BCUT2D eigenvalue weighted by Gasteiger charge is 2.30. The van der Waals surface area contributed by atoms with E-state index in [-0.39, 0.29) is 27.7 Å². The number of carbonyl (C=O) groups excluding carboxylic acids is 1. The average molecular weight is 309 g/mol. The molecule has 1 saturated heterocycles. The highest BCUT2D eigenvalue weighted by Crippen LogP contribution is 2.29. The first-order valence-corrected chi connectivity index (χ1v) is 7.17. The Morgan fingerprint density at radius 1 is 1.56 bits per heavy atom. The maximum absolute atomic E-state index is 12.0. The molecule has 1 aliphatic heterocycles. The maximum Gasteiger partial charge on any atom is 0.264 e. The van der Waals surface area contributed by atoms with Crippen molar-refractivity contribution in [3.8, 4) is 0 Å². The molecule has 7 heteroatoms. The standard InChI is InChI=1S/C11H14Cl2N2O2S/c1-11(2)5-6(3-4-17-11)14-10(16)8-7(12)9(13)15-18-8/h6H,3-5H2,1-2H3,(H,14,16)/t6-/m0/s1. The molecule has 18 heavy (non-hydrogen) atoms. The normalized spacial score (nSPS) is 22.8. The molecular formula is C11H14Cl2N2O2S. The number of hydrogen-bond acceptors (Lipinski definition) is 4. The summed E-state index contributed by atoms with van der Waals surface area (Å²) in [6.45, 7) is 4.68. The van der Waals surface area contributed by atoms with E-state index in [2.05, 4.69) is 9.69 Å². The van der Waals surface area contributed by atoms with E-state index in [9.17, 15) is 4.79 Å². The molecule has 1 atom stereocenters. The zero-order valence-corrected chi connectivity index (χ0v) is 12.5. The summed E-state index contributed by atoms with van der Waals surface area (Å²) in [4.78, 5) is 12.4. The van der Waals surface area contributed by atoms with Crippen LogP contribution in [0, 0.1) is 0 Å². The van der Waals surface area contributed by atoms with Crippen LogP contribution in [0.4, 0.5) is 0 Å². The van der Waals surface area contributed by atoms with E-state index in [1.54, 1.807) is 0 Å². The molecule has 1 aromatic rings. The van der Waals surface area contributed by atoms with E-state index in [1.807, 2.05) is 13.8 Å². The van der Waals surface area contributed by atoms with Crippen LogP contribution in [-0.2, 0) is 4.74 Å². The molecule has 0 radical (unpaired) electrons. The number of aromatic nitrogens is 1. The third-order valence-corrected chi connectivity index (χ3v) is 4.63. The Kier molecular flexibility index (Phi) is 4.16. The maximum atomic E-state index is 12.0. The number of carbonyl (C=O) groups is 1. The van der Waals surface area contributed by atoms with E-state index in [1.165, 1.54) is 0 Å². The van der Waals surface area contributed by atoms with E-state index >= 15 is 0 Å². The van der Waals surface area contributed by atoms with Crippen LogP contribution < -0.4 is 5.32 Å². The molecule has 2 heterocycles. The molecule has 1 fully saturated rings. The molecule has 0 aromatic carbocycles. The average Bonchev–Trinajstić information content (AvgIpc) is 2.58. The smallest absolute Gasteiger partial charge is 0.264 e. The lowest BCUT2D eigenvalue weighted by Crippen LogP contribution is -2.45. The van der Waals surface area contributed by atoms with Gasteiger partial charge in [0.2, 0.25) is 0 Å². The molecule has 2 rings (SSSR count). The zero-order valence-electron chi connectivity index (χ0n) is 10.1. The van der Waals surface area contributed by atoms with Gasteiger partial charge in [-0.15, -0.1) is 0 Å². The van der Waals surface area contributed by atoms with Gasteiger partial charge >= 0.3 is 0 Å². The first-order chi connectivity index (χ1) is 8.39. The Balaban J connectivity index is 2.01. The molecule has 1 aromatic heterocycles. The molecule has 100 valence electrons. The minimum atomic E-state index is -0.216. The summed E-state index contributed by atoms with van der Waals surface area (Å²) >= 11 is 12.7. The predicted molar refractivity (Wildman–Crippen MR) is 72.7 cm³/mol. The van der Waals surface area contributed by atoms with Crippen LogP contribution in [0.1, 0.15) is 36.4 Å². The molecule has 0 saturated carbocycles. The Hall–Kier alpha value is -0.360.